The second-order valence-corrected chi connectivity index (χ2v) is 10.1. The van der Waals surface area contributed by atoms with Crippen LogP contribution in [-0.2, 0) is 11.2 Å². The highest BCUT2D eigenvalue weighted by molar-refractivity contribution is 5.97. The summed E-state index contributed by atoms with van der Waals surface area (Å²) < 4.78 is 28.5. The molecule has 5 rings (SSSR count). The Kier molecular flexibility index (Phi) is 6.77. The van der Waals surface area contributed by atoms with E-state index < -0.39 is 11.6 Å². The molecule has 1 amide bonds. The minimum atomic E-state index is -0.429. The predicted molar refractivity (Wildman–Crippen MR) is 127 cm³/mol. The van der Waals surface area contributed by atoms with Gasteiger partial charge in [-0.05, 0) is 81.3 Å². The van der Waals surface area contributed by atoms with Gasteiger partial charge in [-0.2, -0.15) is 0 Å². The number of rotatable bonds is 4. The minimum absolute atomic E-state index is 0.0745. The topological polar surface area (TPSA) is 23.6 Å². The Balaban J connectivity index is 1.29. The first-order valence-electron chi connectivity index (χ1n) is 12.7. The normalized spacial score (nSPS) is 22.8. The van der Waals surface area contributed by atoms with E-state index in [9.17, 15) is 13.6 Å². The molecule has 2 aromatic rings. The fourth-order valence-electron chi connectivity index (χ4n) is 6.23. The summed E-state index contributed by atoms with van der Waals surface area (Å²) in [6.07, 6.45) is 9.00. The molecular formula is C28H34F2N2O. The zero-order valence-corrected chi connectivity index (χ0v) is 19.3. The molecule has 2 aliphatic heterocycles. The van der Waals surface area contributed by atoms with Gasteiger partial charge >= 0.3 is 0 Å². The van der Waals surface area contributed by atoms with Crippen LogP contribution in [0.4, 0.5) is 14.5 Å². The smallest absolute Gasteiger partial charge is 0.230 e. The van der Waals surface area contributed by atoms with E-state index in [0.717, 1.165) is 76.7 Å². The van der Waals surface area contributed by atoms with Crippen molar-refractivity contribution in [2.45, 2.75) is 69.7 Å². The molecule has 0 spiro atoms. The minimum Gasteiger partial charge on any atom is -0.308 e. The maximum Gasteiger partial charge on any atom is 0.230 e. The Morgan fingerprint density at radius 1 is 0.848 bits per heavy atom. The molecule has 0 N–H and O–H groups in total. The highest BCUT2D eigenvalue weighted by Gasteiger charge is 2.36. The maximum absolute atomic E-state index is 14.3. The summed E-state index contributed by atoms with van der Waals surface area (Å²) in [5.41, 5.74) is 2.61. The molecule has 2 heterocycles. The SMILES string of the molecule is O=C(C1CCCCC1)N1c2ccccc2CCC1CN1CCC(c2c(F)cccc2F)CC1. The molecule has 1 aliphatic carbocycles. The molecule has 176 valence electrons. The number of carbonyl (C=O) groups is 1. The summed E-state index contributed by atoms with van der Waals surface area (Å²) in [7, 11) is 0. The van der Waals surface area contributed by atoms with Gasteiger partial charge in [0.15, 0.2) is 0 Å². The van der Waals surface area contributed by atoms with Crippen molar-refractivity contribution in [3.8, 4) is 0 Å². The van der Waals surface area contributed by atoms with E-state index in [1.165, 1.54) is 30.2 Å². The number of anilines is 1. The van der Waals surface area contributed by atoms with Crippen LogP contribution in [0.3, 0.4) is 0 Å². The molecule has 3 nitrogen and oxygen atoms in total. The van der Waals surface area contributed by atoms with Crippen molar-refractivity contribution in [1.29, 1.82) is 0 Å². The molecule has 1 unspecified atom stereocenters. The number of aryl methyl sites for hydroxylation is 1. The number of hydrogen-bond donors (Lipinski definition) is 0. The summed E-state index contributed by atoms with van der Waals surface area (Å²) in [6, 6.07) is 12.7. The Labute approximate surface area is 195 Å². The van der Waals surface area contributed by atoms with Crippen molar-refractivity contribution in [3.63, 3.8) is 0 Å². The van der Waals surface area contributed by atoms with Crippen LogP contribution in [0.2, 0.25) is 0 Å². The number of nitrogens with zero attached hydrogens (tertiary/aromatic N) is 2. The first-order chi connectivity index (χ1) is 16.1. The van der Waals surface area contributed by atoms with Crippen LogP contribution in [0.5, 0.6) is 0 Å². The van der Waals surface area contributed by atoms with E-state index in [2.05, 4.69) is 28.0 Å². The summed E-state index contributed by atoms with van der Waals surface area (Å²) in [5.74, 6) is -0.491. The van der Waals surface area contributed by atoms with Gasteiger partial charge in [0.2, 0.25) is 5.91 Å². The molecule has 1 atom stereocenters. The van der Waals surface area contributed by atoms with Gasteiger partial charge in [0, 0.05) is 29.8 Å². The zero-order chi connectivity index (χ0) is 22.8. The van der Waals surface area contributed by atoms with Crippen LogP contribution in [0, 0.1) is 17.6 Å². The van der Waals surface area contributed by atoms with Crippen LogP contribution in [-0.4, -0.2) is 36.5 Å². The van der Waals surface area contributed by atoms with E-state index in [4.69, 9.17) is 0 Å². The van der Waals surface area contributed by atoms with E-state index in [0.29, 0.717) is 5.91 Å². The molecule has 1 saturated heterocycles. The van der Waals surface area contributed by atoms with Crippen LogP contribution >= 0.6 is 0 Å². The van der Waals surface area contributed by atoms with Gasteiger partial charge in [-0.3, -0.25) is 4.79 Å². The van der Waals surface area contributed by atoms with Crippen molar-refractivity contribution in [2.75, 3.05) is 24.5 Å². The van der Waals surface area contributed by atoms with Crippen molar-refractivity contribution >= 4 is 11.6 Å². The first-order valence-corrected chi connectivity index (χ1v) is 12.7. The van der Waals surface area contributed by atoms with Crippen molar-refractivity contribution in [1.82, 2.24) is 4.90 Å². The summed E-state index contributed by atoms with van der Waals surface area (Å²) in [6.45, 7) is 2.45. The lowest BCUT2D eigenvalue weighted by Crippen LogP contribution is -2.52. The number of amides is 1. The quantitative estimate of drug-likeness (QED) is 0.562. The van der Waals surface area contributed by atoms with Gasteiger partial charge in [0.25, 0.3) is 0 Å². The second-order valence-electron chi connectivity index (χ2n) is 10.1. The lowest BCUT2D eigenvalue weighted by Gasteiger charge is -2.43. The Hall–Kier alpha value is -2.27. The van der Waals surface area contributed by atoms with E-state index >= 15 is 0 Å². The second kappa shape index (κ2) is 9.92. The number of carbonyl (C=O) groups excluding carboxylic acids is 1. The number of para-hydroxylation sites is 1. The van der Waals surface area contributed by atoms with Crippen molar-refractivity contribution < 1.29 is 13.6 Å². The monoisotopic (exact) mass is 452 g/mol. The van der Waals surface area contributed by atoms with Crippen molar-refractivity contribution in [3.05, 3.63) is 65.2 Å². The molecule has 2 aromatic carbocycles. The average molecular weight is 453 g/mol. The Bertz CT molecular complexity index is 959. The molecule has 5 heteroatoms. The van der Waals surface area contributed by atoms with Gasteiger partial charge < -0.3 is 9.80 Å². The standard InChI is InChI=1S/C28H34F2N2O/c29-24-10-6-11-25(30)27(24)21-15-17-31(18-16-21)19-23-14-13-20-7-4-5-12-26(20)32(23)28(33)22-8-2-1-3-9-22/h4-7,10-12,21-23H,1-3,8-9,13-19H2. The lowest BCUT2D eigenvalue weighted by atomic mass is 9.85. The summed E-state index contributed by atoms with van der Waals surface area (Å²) >= 11 is 0. The van der Waals surface area contributed by atoms with E-state index in [-0.39, 0.29) is 23.4 Å². The van der Waals surface area contributed by atoms with Crippen molar-refractivity contribution in [2.24, 2.45) is 5.92 Å². The maximum atomic E-state index is 14.3. The molecule has 33 heavy (non-hydrogen) atoms. The highest BCUT2D eigenvalue weighted by atomic mass is 19.1. The molecule has 0 bridgehead atoms. The predicted octanol–water partition coefficient (Wildman–Crippen LogP) is 6.07. The molecule has 1 saturated carbocycles. The first kappa shape index (κ1) is 22.5. The highest BCUT2D eigenvalue weighted by Crippen LogP contribution is 2.36. The van der Waals surface area contributed by atoms with Gasteiger partial charge in [-0.25, -0.2) is 8.78 Å². The van der Waals surface area contributed by atoms with Crippen LogP contribution in [0.1, 0.15) is 68.4 Å². The fraction of sp³-hybridized carbons (Fsp3) is 0.536. The molecule has 0 aromatic heterocycles. The largest absolute Gasteiger partial charge is 0.308 e. The molecular weight excluding hydrogens is 418 g/mol. The summed E-state index contributed by atoms with van der Waals surface area (Å²) in [5, 5.41) is 0. The number of hydrogen-bond acceptors (Lipinski definition) is 2. The van der Waals surface area contributed by atoms with Crippen LogP contribution < -0.4 is 4.90 Å². The number of likely N-dealkylation sites (tertiary alicyclic amines) is 1. The van der Waals surface area contributed by atoms with E-state index in [1.54, 1.807) is 0 Å². The number of fused-ring (bicyclic) bond motifs is 1. The van der Waals surface area contributed by atoms with Crippen LogP contribution in [0.25, 0.3) is 0 Å². The third kappa shape index (κ3) is 4.70. The Morgan fingerprint density at radius 3 is 2.27 bits per heavy atom. The van der Waals surface area contributed by atoms with Gasteiger partial charge in [0.05, 0.1) is 0 Å². The molecule has 3 aliphatic rings. The summed E-state index contributed by atoms with van der Waals surface area (Å²) in [4.78, 5) is 18.2. The third-order valence-electron chi connectivity index (χ3n) is 8.02. The van der Waals surface area contributed by atoms with Gasteiger partial charge in [-0.1, -0.05) is 43.5 Å². The number of benzene rings is 2. The van der Waals surface area contributed by atoms with Gasteiger partial charge in [-0.15, -0.1) is 0 Å². The van der Waals surface area contributed by atoms with Gasteiger partial charge in [0.1, 0.15) is 11.6 Å². The number of piperidine rings is 1. The molecule has 2 fully saturated rings. The van der Waals surface area contributed by atoms with Crippen LogP contribution in [0.15, 0.2) is 42.5 Å². The average Bonchev–Trinajstić information content (AvgIpc) is 2.85. The van der Waals surface area contributed by atoms with E-state index in [1.807, 2.05) is 6.07 Å². The third-order valence-corrected chi connectivity index (χ3v) is 8.02. The Morgan fingerprint density at radius 2 is 1.55 bits per heavy atom. The zero-order valence-electron chi connectivity index (χ0n) is 19.3. The lowest BCUT2D eigenvalue weighted by molar-refractivity contribution is -0.124. The fourth-order valence-corrected chi connectivity index (χ4v) is 6.23. The number of halogens is 2. The molecule has 0 radical (unpaired) electrons.